The second-order valence-corrected chi connectivity index (χ2v) is 3.89. The topological polar surface area (TPSA) is 39.1 Å². The van der Waals surface area contributed by atoms with Crippen molar-refractivity contribution in [2.45, 2.75) is 13.2 Å². The first-order valence-electron chi connectivity index (χ1n) is 5.72. The van der Waals surface area contributed by atoms with Crippen LogP contribution in [-0.4, -0.2) is 16.4 Å². The zero-order chi connectivity index (χ0) is 14.5. The second kappa shape index (κ2) is 6.14. The molecule has 0 unspecified atom stereocenters. The van der Waals surface area contributed by atoms with Crippen molar-refractivity contribution in [1.29, 1.82) is 0 Å². The van der Waals surface area contributed by atoms with E-state index >= 15 is 0 Å². The van der Waals surface area contributed by atoms with E-state index in [1.54, 1.807) is 18.6 Å². The van der Waals surface area contributed by atoms with E-state index in [4.69, 9.17) is 0 Å². The van der Waals surface area contributed by atoms with Crippen molar-refractivity contribution in [3.8, 4) is 5.75 Å². The monoisotopic (exact) mass is 283 g/mol. The molecule has 2 aromatic rings. The van der Waals surface area contributed by atoms with E-state index in [0.29, 0.717) is 12.2 Å². The lowest BCUT2D eigenvalue weighted by Crippen LogP contribution is -2.04. The molecule has 0 aliphatic rings. The number of aromatic nitrogens is 2. The van der Waals surface area contributed by atoms with Gasteiger partial charge in [-0.2, -0.15) is 13.9 Å². The van der Waals surface area contributed by atoms with Crippen LogP contribution in [0.3, 0.4) is 0 Å². The molecule has 7 heteroatoms. The molecule has 0 aliphatic carbocycles. The number of hydrogen-bond acceptors (Lipinski definition) is 3. The molecule has 0 saturated carbocycles. The number of alkyl halides is 2. The molecule has 1 N–H and O–H groups in total. The van der Waals surface area contributed by atoms with Crippen molar-refractivity contribution >= 4 is 11.9 Å². The Morgan fingerprint density at radius 3 is 2.85 bits per heavy atom. The molecule has 0 fully saturated rings. The first-order valence-corrected chi connectivity index (χ1v) is 5.72. The Balaban J connectivity index is 1.99. The van der Waals surface area contributed by atoms with E-state index in [1.165, 1.54) is 10.7 Å². The maximum atomic E-state index is 13.5. The van der Waals surface area contributed by atoms with E-state index in [1.807, 2.05) is 0 Å². The van der Waals surface area contributed by atoms with Gasteiger partial charge in [0.15, 0.2) is 11.6 Å². The highest BCUT2D eigenvalue weighted by atomic mass is 19.3. The summed E-state index contributed by atoms with van der Waals surface area (Å²) in [6, 6.07) is 3.70. The minimum absolute atomic E-state index is 0.419. The Hall–Kier alpha value is -2.44. The Bertz CT molecular complexity index is 598. The summed E-state index contributed by atoms with van der Waals surface area (Å²) in [5.74, 6) is -1.33. The summed E-state index contributed by atoms with van der Waals surface area (Å²) >= 11 is 0. The van der Waals surface area contributed by atoms with Crippen LogP contribution in [0, 0.1) is 5.82 Å². The number of halogens is 3. The highest BCUT2D eigenvalue weighted by Crippen LogP contribution is 2.23. The number of anilines is 1. The summed E-state index contributed by atoms with van der Waals surface area (Å²) in [6.45, 7) is 0.934. The van der Waals surface area contributed by atoms with Crippen LogP contribution in [0.1, 0.15) is 5.56 Å². The number of nitrogens with zero attached hydrogens (tertiary/aromatic N) is 2. The van der Waals surface area contributed by atoms with Crippen molar-refractivity contribution in [3.63, 3.8) is 0 Å². The molecule has 20 heavy (non-hydrogen) atoms. The SMILES string of the molecule is C=Cn1cc(CNc2ccc(OC(F)F)c(F)c2)cn1. The van der Waals surface area contributed by atoms with Crippen molar-refractivity contribution in [2.75, 3.05) is 5.32 Å². The number of rotatable bonds is 6. The fourth-order valence-corrected chi connectivity index (χ4v) is 1.57. The first kappa shape index (κ1) is 14.0. The summed E-state index contributed by atoms with van der Waals surface area (Å²) < 4.78 is 43.0. The average molecular weight is 283 g/mol. The smallest absolute Gasteiger partial charge is 0.387 e. The fraction of sp³-hybridized carbons (Fsp3) is 0.154. The van der Waals surface area contributed by atoms with E-state index in [-0.39, 0.29) is 0 Å². The van der Waals surface area contributed by atoms with Gasteiger partial charge in [0, 0.05) is 36.3 Å². The molecule has 1 heterocycles. The minimum Gasteiger partial charge on any atom is -0.432 e. The lowest BCUT2D eigenvalue weighted by Gasteiger charge is -2.08. The number of nitrogens with one attached hydrogen (secondary N) is 1. The zero-order valence-corrected chi connectivity index (χ0v) is 10.4. The number of ether oxygens (including phenoxy) is 1. The molecule has 4 nitrogen and oxygen atoms in total. The van der Waals surface area contributed by atoms with Crippen LogP contribution < -0.4 is 10.1 Å². The predicted octanol–water partition coefficient (Wildman–Crippen LogP) is 3.34. The van der Waals surface area contributed by atoms with Gasteiger partial charge >= 0.3 is 6.61 Å². The Morgan fingerprint density at radius 2 is 2.25 bits per heavy atom. The zero-order valence-electron chi connectivity index (χ0n) is 10.4. The first-order chi connectivity index (χ1) is 9.58. The summed E-state index contributed by atoms with van der Waals surface area (Å²) in [6.07, 6.45) is 4.93. The number of benzene rings is 1. The normalized spacial score (nSPS) is 10.6. The molecular weight excluding hydrogens is 271 g/mol. The summed E-state index contributed by atoms with van der Waals surface area (Å²) in [5.41, 5.74) is 1.33. The van der Waals surface area contributed by atoms with Crippen LogP contribution in [0.25, 0.3) is 6.20 Å². The van der Waals surface area contributed by atoms with Crippen LogP contribution >= 0.6 is 0 Å². The largest absolute Gasteiger partial charge is 0.432 e. The van der Waals surface area contributed by atoms with Gasteiger partial charge in [0.2, 0.25) is 0 Å². The van der Waals surface area contributed by atoms with Crippen molar-refractivity contribution in [3.05, 3.63) is 48.6 Å². The highest BCUT2D eigenvalue weighted by Gasteiger charge is 2.10. The highest BCUT2D eigenvalue weighted by molar-refractivity contribution is 5.47. The fourth-order valence-electron chi connectivity index (χ4n) is 1.57. The molecule has 0 spiro atoms. The molecular formula is C13H12F3N3O. The maximum Gasteiger partial charge on any atom is 0.387 e. The Kier molecular flexibility index (Phi) is 4.29. The van der Waals surface area contributed by atoms with Gasteiger partial charge < -0.3 is 10.1 Å². The molecule has 0 radical (unpaired) electrons. The van der Waals surface area contributed by atoms with Gasteiger partial charge in [-0.3, -0.25) is 0 Å². The van der Waals surface area contributed by atoms with Crippen LogP contribution in [-0.2, 0) is 6.54 Å². The summed E-state index contributed by atoms with van der Waals surface area (Å²) in [4.78, 5) is 0. The third-order valence-electron chi connectivity index (χ3n) is 2.49. The third kappa shape index (κ3) is 3.53. The van der Waals surface area contributed by atoms with Gasteiger partial charge in [0.1, 0.15) is 0 Å². The van der Waals surface area contributed by atoms with E-state index in [2.05, 4.69) is 21.7 Å². The Labute approximate surface area is 113 Å². The lowest BCUT2D eigenvalue weighted by atomic mass is 10.2. The van der Waals surface area contributed by atoms with Crippen molar-refractivity contribution < 1.29 is 17.9 Å². The summed E-state index contributed by atoms with van der Waals surface area (Å²) in [5, 5.41) is 6.94. The molecule has 0 aliphatic heterocycles. The van der Waals surface area contributed by atoms with Crippen molar-refractivity contribution in [2.24, 2.45) is 0 Å². The number of hydrogen-bond donors (Lipinski definition) is 1. The summed E-state index contributed by atoms with van der Waals surface area (Å²) in [7, 11) is 0. The average Bonchev–Trinajstić information content (AvgIpc) is 2.87. The molecule has 1 aromatic carbocycles. The van der Waals surface area contributed by atoms with Crippen LogP contribution in [0.4, 0.5) is 18.9 Å². The standard InChI is InChI=1S/C13H12F3N3O/c1-2-19-8-9(7-18-19)6-17-10-3-4-12(11(14)5-10)20-13(15)16/h2-5,7-8,13,17H,1,6H2. The van der Waals surface area contributed by atoms with Gasteiger partial charge in [-0.05, 0) is 12.1 Å². The Morgan fingerprint density at radius 1 is 1.45 bits per heavy atom. The molecule has 0 saturated heterocycles. The van der Waals surface area contributed by atoms with Gasteiger partial charge in [0.25, 0.3) is 0 Å². The van der Waals surface area contributed by atoms with Crippen molar-refractivity contribution in [1.82, 2.24) is 9.78 Å². The van der Waals surface area contributed by atoms with Gasteiger partial charge in [0.05, 0.1) is 6.20 Å². The molecule has 0 bridgehead atoms. The predicted molar refractivity (Wildman–Crippen MR) is 69.0 cm³/mol. The van der Waals surface area contributed by atoms with E-state index in [0.717, 1.165) is 17.7 Å². The van der Waals surface area contributed by atoms with E-state index in [9.17, 15) is 13.2 Å². The molecule has 2 rings (SSSR count). The van der Waals surface area contributed by atoms with Crippen LogP contribution in [0.15, 0.2) is 37.2 Å². The second-order valence-electron chi connectivity index (χ2n) is 3.89. The molecule has 106 valence electrons. The van der Waals surface area contributed by atoms with E-state index < -0.39 is 18.2 Å². The lowest BCUT2D eigenvalue weighted by molar-refractivity contribution is -0.0521. The van der Waals surface area contributed by atoms with Gasteiger partial charge in [-0.15, -0.1) is 0 Å². The third-order valence-corrected chi connectivity index (χ3v) is 2.49. The minimum atomic E-state index is -3.05. The molecule has 0 atom stereocenters. The molecule has 1 aromatic heterocycles. The van der Waals surface area contributed by atoms with Gasteiger partial charge in [-0.25, -0.2) is 9.07 Å². The van der Waals surface area contributed by atoms with Crippen LogP contribution in [0.5, 0.6) is 5.75 Å². The quantitative estimate of drug-likeness (QED) is 0.883. The van der Waals surface area contributed by atoms with Crippen LogP contribution in [0.2, 0.25) is 0 Å². The van der Waals surface area contributed by atoms with Gasteiger partial charge in [-0.1, -0.05) is 6.58 Å². The molecule has 0 amide bonds. The maximum absolute atomic E-state index is 13.5.